The highest BCUT2D eigenvalue weighted by atomic mass is 16.2. The van der Waals surface area contributed by atoms with Crippen LogP contribution in [0.3, 0.4) is 0 Å². The standard InChI is InChI=1S/C11H17N9O/c1-3-19(2)8(21)7-13-9-15-10(18-12)17-11(16-9)20-6-4-5-14-20/h4-6H,3,7,12H2,1-2H3,(H2,13,15,16,17,18). The topological polar surface area (TPSA) is 127 Å². The third-order valence-corrected chi connectivity index (χ3v) is 2.76. The summed E-state index contributed by atoms with van der Waals surface area (Å²) in [7, 11) is 1.72. The van der Waals surface area contributed by atoms with Crippen molar-refractivity contribution in [2.45, 2.75) is 6.92 Å². The molecule has 2 heterocycles. The van der Waals surface area contributed by atoms with Crippen molar-refractivity contribution in [3.05, 3.63) is 18.5 Å². The molecule has 0 spiro atoms. The van der Waals surface area contributed by atoms with Crippen LogP contribution in [0.2, 0.25) is 0 Å². The zero-order chi connectivity index (χ0) is 15.2. The number of carbonyl (C=O) groups is 1. The number of hydrazine groups is 1. The van der Waals surface area contributed by atoms with Crippen molar-refractivity contribution < 1.29 is 4.79 Å². The summed E-state index contributed by atoms with van der Waals surface area (Å²) in [6, 6.07) is 1.74. The van der Waals surface area contributed by atoms with Crippen molar-refractivity contribution in [3.63, 3.8) is 0 Å². The van der Waals surface area contributed by atoms with Gasteiger partial charge in [0.15, 0.2) is 0 Å². The summed E-state index contributed by atoms with van der Waals surface area (Å²) >= 11 is 0. The first-order valence-electron chi connectivity index (χ1n) is 6.34. The Bertz CT molecular complexity index is 598. The van der Waals surface area contributed by atoms with Crippen molar-refractivity contribution in [2.24, 2.45) is 5.84 Å². The SMILES string of the molecule is CCN(C)C(=O)CNc1nc(NN)nc(-n2cccn2)n1. The zero-order valence-corrected chi connectivity index (χ0v) is 11.8. The van der Waals surface area contributed by atoms with Gasteiger partial charge in [-0.15, -0.1) is 0 Å². The minimum atomic E-state index is -0.0687. The molecule has 0 radical (unpaired) electrons. The molecule has 2 rings (SSSR count). The maximum atomic E-state index is 11.7. The Morgan fingerprint density at radius 3 is 2.76 bits per heavy atom. The Labute approximate surface area is 121 Å². The molecule has 4 N–H and O–H groups in total. The fourth-order valence-electron chi connectivity index (χ4n) is 1.46. The lowest BCUT2D eigenvalue weighted by molar-refractivity contribution is -0.127. The van der Waals surface area contributed by atoms with Crippen LogP contribution in [0.25, 0.3) is 5.95 Å². The predicted octanol–water partition coefficient (Wildman–Crippen LogP) is -0.767. The smallest absolute Gasteiger partial charge is 0.257 e. The molecule has 10 heteroatoms. The van der Waals surface area contributed by atoms with Crippen molar-refractivity contribution in [1.82, 2.24) is 29.6 Å². The van der Waals surface area contributed by atoms with Crippen LogP contribution in [0, 0.1) is 0 Å². The number of amides is 1. The summed E-state index contributed by atoms with van der Waals surface area (Å²) in [5.41, 5.74) is 2.35. The van der Waals surface area contributed by atoms with Gasteiger partial charge in [-0.2, -0.15) is 20.1 Å². The van der Waals surface area contributed by atoms with E-state index in [1.807, 2.05) is 6.92 Å². The Morgan fingerprint density at radius 1 is 1.38 bits per heavy atom. The molecule has 112 valence electrons. The average Bonchev–Trinajstić information content (AvgIpc) is 3.05. The lowest BCUT2D eigenvalue weighted by Crippen LogP contribution is -2.32. The van der Waals surface area contributed by atoms with E-state index < -0.39 is 0 Å². The Hall–Kier alpha value is -2.75. The number of nitrogens with one attached hydrogen (secondary N) is 2. The van der Waals surface area contributed by atoms with Gasteiger partial charge in [-0.25, -0.2) is 10.5 Å². The van der Waals surface area contributed by atoms with E-state index in [0.29, 0.717) is 12.5 Å². The number of rotatable bonds is 6. The highest BCUT2D eigenvalue weighted by Crippen LogP contribution is 2.07. The minimum absolute atomic E-state index is 0.0687. The van der Waals surface area contributed by atoms with Gasteiger partial charge in [0.1, 0.15) is 0 Å². The molecule has 0 aromatic carbocycles. The molecule has 0 atom stereocenters. The minimum Gasteiger partial charge on any atom is -0.345 e. The Kier molecular flexibility index (Phi) is 4.61. The third kappa shape index (κ3) is 3.63. The van der Waals surface area contributed by atoms with Crippen LogP contribution < -0.4 is 16.6 Å². The molecule has 1 amide bonds. The van der Waals surface area contributed by atoms with E-state index in [1.165, 1.54) is 4.68 Å². The van der Waals surface area contributed by atoms with E-state index in [2.05, 4.69) is 30.8 Å². The largest absolute Gasteiger partial charge is 0.345 e. The molecule has 21 heavy (non-hydrogen) atoms. The molecule has 0 bridgehead atoms. The molecule has 0 saturated carbocycles. The van der Waals surface area contributed by atoms with Crippen molar-refractivity contribution >= 4 is 17.8 Å². The first-order chi connectivity index (χ1) is 10.1. The second-order valence-electron chi connectivity index (χ2n) is 4.14. The van der Waals surface area contributed by atoms with Gasteiger partial charge in [0.25, 0.3) is 5.95 Å². The van der Waals surface area contributed by atoms with Gasteiger partial charge in [-0.3, -0.25) is 10.2 Å². The highest BCUT2D eigenvalue weighted by Gasteiger charge is 2.10. The molecule has 2 aromatic heterocycles. The summed E-state index contributed by atoms with van der Waals surface area (Å²) in [6.07, 6.45) is 3.29. The van der Waals surface area contributed by atoms with Gasteiger partial charge >= 0.3 is 0 Å². The molecular weight excluding hydrogens is 274 g/mol. The fourth-order valence-corrected chi connectivity index (χ4v) is 1.46. The zero-order valence-electron chi connectivity index (χ0n) is 11.8. The number of aromatic nitrogens is 5. The summed E-state index contributed by atoms with van der Waals surface area (Å²) in [5.74, 6) is 5.97. The average molecular weight is 291 g/mol. The first kappa shape index (κ1) is 14.7. The summed E-state index contributed by atoms with van der Waals surface area (Å²) in [6.45, 7) is 2.61. The molecule has 0 unspecified atom stereocenters. The first-order valence-corrected chi connectivity index (χ1v) is 6.34. The number of likely N-dealkylation sites (N-methyl/N-ethyl adjacent to an activating group) is 1. The summed E-state index contributed by atoms with van der Waals surface area (Å²) < 4.78 is 1.47. The monoisotopic (exact) mass is 291 g/mol. The van der Waals surface area contributed by atoms with Crippen LogP contribution in [0.5, 0.6) is 0 Å². The van der Waals surface area contributed by atoms with E-state index in [1.54, 1.807) is 30.4 Å². The number of anilines is 2. The van der Waals surface area contributed by atoms with Crippen LogP contribution in [0.15, 0.2) is 18.5 Å². The lowest BCUT2D eigenvalue weighted by Gasteiger charge is -2.15. The molecule has 0 aliphatic heterocycles. The van der Waals surface area contributed by atoms with Gasteiger partial charge in [-0.05, 0) is 13.0 Å². The van der Waals surface area contributed by atoms with Crippen LogP contribution in [-0.2, 0) is 4.79 Å². The molecule has 0 aliphatic carbocycles. The maximum Gasteiger partial charge on any atom is 0.257 e. The van der Waals surface area contributed by atoms with Crippen LogP contribution in [0.4, 0.5) is 11.9 Å². The van der Waals surface area contributed by atoms with Crippen LogP contribution in [0.1, 0.15) is 6.92 Å². The van der Waals surface area contributed by atoms with E-state index >= 15 is 0 Å². The second-order valence-corrected chi connectivity index (χ2v) is 4.14. The predicted molar refractivity (Wildman–Crippen MR) is 76.6 cm³/mol. The molecule has 0 saturated heterocycles. The lowest BCUT2D eigenvalue weighted by atomic mass is 10.5. The Morgan fingerprint density at radius 2 is 2.14 bits per heavy atom. The molecule has 0 aliphatic rings. The number of nitrogens with two attached hydrogens (primary N) is 1. The summed E-state index contributed by atoms with van der Waals surface area (Å²) in [5, 5.41) is 6.88. The number of nitrogens with zero attached hydrogens (tertiary/aromatic N) is 6. The maximum absolute atomic E-state index is 11.7. The van der Waals surface area contributed by atoms with Gasteiger partial charge < -0.3 is 10.2 Å². The summed E-state index contributed by atoms with van der Waals surface area (Å²) in [4.78, 5) is 25.6. The number of hydrogen-bond acceptors (Lipinski definition) is 8. The van der Waals surface area contributed by atoms with E-state index in [9.17, 15) is 4.79 Å². The van der Waals surface area contributed by atoms with Crippen molar-refractivity contribution in [2.75, 3.05) is 30.9 Å². The number of nitrogen functional groups attached to an aromatic ring is 1. The molecule has 2 aromatic rings. The van der Waals surface area contributed by atoms with Gasteiger partial charge in [-0.1, -0.05) is 0 Å². The van der Waals surface area contributed by atoms with E-state index in [-0.39, 0.29) is 24.3 Å². The number of hydrogen-bond donors (Lipinski definition) is 3. The van der Waals surface area contributed by atoms with Crippen molar-refractivity contribution in [1.29, 1.82) is 0 Å². The highest BCUT2D eigenvalue weighted by molar-refractivity contribution is 5.80. The van der Waals surface area contributed by atoms with E-state index in [0.717, 1.165) is 0 Å². The molecular formula is C11H17N9O. The van der Waals surface area contributed by atoms with Crippen LogP contribution in [-0.4, -0.2) is 55.7 Å². The molecule has 0 fully saturated rings. The third-order valence-electron chi connectivity index (χ3n) is 2.76. The van der Waals surface area contributed by atoms with Gasteiger partial charge in [0.05, 0.1) is 6.54 Å². The van der Waals surface area contributed by atoms with E-state index in [4.69, 9.17) is 5.84 Å². The molecule has 10 nitrogen and oxygen atoms in total. The van der Waals surface area contributed by atoms with Crippen LogP contribution >= 0.6 is 0 Å². The van der Waals surface area contributed by atoms with Gasteiger partial charge in [0, 0.05) is 26.0 Å². The second kappa shape index (κ2) is 6.61. The van der Waals surface area contributed by atoms with Crippen molar-refractivity contribution in [3.8, 4) is 5.95 Å². The quantitative estimate of drug-likeness (QED) is 0.468. The Balaban J connectivity index is 2.16. The normalized spacial score (nSPS) is 10.2. The fraction of sp³-hybridized carbons (Fsp3) is 0.364. The number of carbonyl (C=O) groups excluding carboxylic acids is 1. The van der Waals surface area contributed by atoms with Gasteiger partial charge in [0.2, 0.25) is 17.8 Å².